The van der Waals surface area contributed by atoms with Crippen LogP contribution in [0.2, 0.25) is 0 Å². The highest BCUT2D eigenvalue weighted by molar-refractivity contribution is 5.92. The monoisotopic (exact) mass is 276 g/mol. The van der Waals surface area contributed by atoms with Gasteiger partial charge in [0, 0.05) is 24.3 Å². The molecule has 1 aromatic rings. The fourth-order valence-electron chi connectivity index (χ4n) is 2.46. The van der Waals surface area contributed by atoms with Crippen molar-refractivity contribution in [3.8, 4) is 0 Å². The summed E-state index contributed by atoms with van der Waals surface area (Å²) in [7, 11) is 0. The molecule has 110 valence electrons. The highest BCUT2D eigenvalue weighted by atomic mass is 16.5. The van der Waals surface area contributed by atoms with Gasteiger partial charge in [0.2, 0.25) is 5.91 Å². The molecular formula is C16H24N2O2. The van der Waals surface area contributed by atoms with E-state index in [1.807, 2.05) is 32.0 Å². The first kappa shape index (κ1) is 14.9. The van der Waals surface area contributed by atoms with Gasteiger partial charge in [0.05, 0.1) is 12.2 Å². The summed E-state index contributed by atoms with van der Waals surface area (Å²) in [5, 5.41) is 6.36. The number of benzene rings is 1. The second-order valence-corrected chi connectivity index (χ2v) is 5.41. The van der Waals surface area contributed by atoms with E-state index < -0.39 is 0 Å². The minimum absolute atomic E-state index is 0.0400. The van der Waals surface area contributed by atoms with E-state index in [0.29, 0.717) is 18.6 Å². The Bertz CT molecular complexity index is 474. The first-order valence-corrected chi connectivity index (χ1v) is 7.39. The molecule has 2 atom stereocenters. The van der Waals surface area contributed by atoms with Crippen LogP contribution < -0.4 is 10.6 Å². The van der Waals surface area contributed by atoms with Crippen LogP contribution in [0.3, 0.4) is 0 Å². The van der Waals surface area contributed by atoms with Gasteiger partial charge in [-0.1, -0.05) is 13.0 Å². The van der Waals surface area contributed by atoms with Crippen LogP contribution >= 0.6 is 0 Å². The lowest BCUT2D eigenvalue weighted by Gasteiger charge is -2.17. The molecule has 4 heteroatoms. The zero-order valence-electron chi connectivity index (χ0n) is 12.5. The Morgan fingerprint density at radius 1 is 1.35 bits per heavy atom. The Balaban J connectivity index is 1.97. The molecule has 0 aromatic heterocycles. The summed E-state index contributed by atoms with van der Waals surface area (Å²) in [4.78, 5) is 11.5. The lowest BCUT2D eigenvalue weighted by atomic mass is 10.1. The third kappa shape index (κ3) is 3.73. The van der Waals surface area contributed by atoms with Crippen molar-refractivity contribution in [1.29, 1.82) is 0 Å². The van der Waals surface area contributed by atoms with E-state index in [1.54, 1.807) is 0 Å². The van der Waals surface area contributed by atoms with Gasteiger partial charge >= 0.3 is 0 Å². The molecule has 20 heavy (non-hydrogen) atoms. The standard InChI is InChI=1S/C16H24N2O2/c1-4-16(19)18-15-7-5-6-14(12(15)3)17-10-13-9-8-11(2)20-13/h5-7,11,13,17H,4,8-10H2,1-3H3,(H,18,19). The number of rotatable bonds is 5. The molecule has 1 aliphatic rings. The summed E-state index contributed by atoms with van der Waals surface area (Å²) >= 11 is 0. The van der Waals surface area contributed by atoms with Gasteiger partial charge in [-0.05, 0) is 44.4 Å². The summed E-state index contributed by atoms with van der Waals surface area (Å²) in [6.07, 6.45) is 3.40. The van der Waals surface area contributed by atoms with Crippen molar-refractivity contribution in [1.82, 2.24) is 0 Å². The van der Waals surface area contributed by atoms with Crippen LogP contribution in [0.25, 0.3) is 0 Å². The number of carbonyl (C=O) groups excluding carboxylic acids is 1. The van der Waals surface area contributed by atoms with Gasteiger partial charge in [-0.2, -0.15) is 0 Å². The predicted octanol–water partition coefficient (Wildman–Crippen LogP) is 3.32. The Kier molecular flexibility index (Phi) is 5.01. The molecule has 1 amide bonds. The van der Waals surface area contributed by atoms with Crippen molar-refractivity contribution in [2.75, 3.05) is 17.2 Å². The second-order valence-electron chi connectivity index (χ2n) is 5.41. The molecule has 1 aromatic carbocycles. The first-order valence-electron chi connectivity index (χ1n) is 7.39. The summed E-state index contributed by atoms with van der Waals surface area (Å²) in [6, 6.07) is 5.93. The average molecular weight is 276 g/mol. The molecule has 1 heterocycles. The van der Waals surface area contributed by atoms with Crippen molar-refractivity contribution in [2.24, 2.45) is 0 Å². The van der Waals surface area contributed by atoms with E-state index in [1.165, 1.54) is 0 Å². The van der Waals surface area contributed by atoms with Gasteiger partial charge in [-0.15, -0.1) is 0 Å². The lowest BCUT2D eigenvalue weighted by Crippen LogP contribution is -2.20. The van der Waals surface area contributed by atoms with E-state index in [2.05, 4.69) is 17.6 Å². The van der Waals surface area contributed by atoms with Crippen LogP contribution in [0.1, 0.15) is 38.7 Å². The second kappa shape index (κ2) is 6.75. The SMILES string of the molecule is CCC(=O)Nc1cccc(NCC2CCC(C)O2)c1C. The molecule has 2 N–H and O–H groups in total. The minimum Gasteiger partial charge on any atom is -0.382 e. The van der Waals surface area contributed by atoms with Crippen LogP contribution in [-0.2, 0) is 9.53 Å². The molecule has 1 saturated heterocycles. The highest BCUT2D eigenvalue weighted by Crippen LogP contribution is 2.25. The van der Waals surface area contributed by atoms with Gasteiger partial charge < -0.3 is 15.4 Å². The van der Waals surface area contributed by atoms with E-state index in [4.69, 9.17) is 4.74 Å². The Morgan fingerprint density at radius 3 is 2.75 bits per heavy atom. The Hall–Kier alpha value is -1.55. The summed E-state index contributed by atoms with van der Waals surface area (Å²) in [5.41, 5.74) is 3.00. The molecule has 0 saturated carbocycles. The number of hydrogen-bond acceptors (Lipinski definition) is 3. The maximum atomic E-state index is 11.5. The van der Waals surface area contributed by atoms with Gasteiger partial charge in [-0.25, -0.2) is 0 Å². The molecule has 0 bridgehead atoms. The van der Waals surface area contributed by atoms with Gasteiger partial charge in [-0.3, -0.25) is 4.79 Å². The quantitative estimate of drug-likeness (QED) is 0.867. The smallest absolute Gasteiger partial charge is 0.224 e. The number of amides is 1. The number of ether oxygens (including phenoxy) is 1. The molecule has 4 nitrogen and oxygen atoms in total. The summed E-state index contributed by atoms with van der Waals surface area (Å²) in [6.45, 7) is 6.81. The van der Waals surface area contributed by atoms with Crippen molar-refractivity contribution >= 4 is 17.3 Å². The fraction of sp³-hybridized carbons (Fsp3) is 0.562. The van der Waals surface area contributed by atoms with Crippen LogP contribution in [0, 0.1) is 6.92 Å². The maximum Gasteiger partial charge on any atom is 0.224 e. The Morgan fingerprint density at radius 2 is 2.10 bits per heavy atom. The van der Waals surface area contributed by atoms with Crippen molar-refractivity contribution < 1.29 is 9.53 Å². The van der Waals surface area contributed by atoms with E-state index in [0.717, 1.165) is 36.3 Å². The fourth-order valence-corrected chi connectivity index (χ4v) is 2.46. The molecule has 0 aliphatic carbocycles. The van der Waals surface area contributed by atoms with Gasteiger partial charge in [0.1, 0.15) is 0 Å². The normalized spacial score (nSPS) is 21.8. The molecule has 2 unspecified atom stereocenters. The zero-order chi connectivity index (χ0) is 14.5. The number of carbonyl (C=O) groups is 1. The molecule has 1 fully saturated rings. The van der Waals surface area contributed by atoms with Crippen LogP contribution in [0.5, 0.6) is 0 Å². The number of nitrogens with one attached hydrogen (secondary N) is 2. The number of hydrogen-bond donors (Lipinski definition) is 2. The third-order valence-corrected chi connectivity index (χ3v) is 3.77. The predicted molar refractivity (Wildman–Crippen MR) is 82.2 cm³/mol. The van der Waals surface area contributed by atoms with Crippen molar-refractivity contribution in [2.45, 2.75) is 52.2 Å². The van der Waals surface area contributed by atoms with Crippen LogP contribution in [0.15, 0.2) is 18.2 Å². The van der Waals surface area contributed by atoms with Crippen molar-refractivity contribution in [3.63, 3.8) is 0 Å². The lowest BCUT2D eigenvalue weighted by molar-refractivity contribution is -0.115. The summed E-state index contributed by atoms with van der Waals surface area (Å²) < 4.78 is 5.80. The minimum atomic E-state index is 0.0400. The summed E-state index contributed by atoms with van der Waals surface area (Å²) in [5.74, 6) is 0.0400. The van der Waals surface area contributed by atoms with E-state index in [-0.39, 0.29) is 5.91 Å². The van der Waals surface area contributed by atoms with Gasteiger partial charge in [0.25, 0.3) is 0 Å². The third-order valence-electron chi connectivity index (χ3n) is 3.77. The first-order chi connectivity index (χ1) is 9.60. The van der Waals surface area contributed by atoms with Crippen LogP contribution in [-0.4, -0.2) is 24.7 Å². The number of anilines is 2. The molecule has 0 radical (unpaired) electrons. The average Bonchev–Trinajstić information content (AvgIpc) is 2.85. The van der Waals surface area contributed by atoms with Gasteiger partial charge in [0.15, 0.2) is 0 Å². The highest BCUT2D eigenvalue weighted by Gasteiger charge is 2.21. The molecule has 1 aliphatic heterocycles. The topological polar surface area (TPSA) is 50.4 Å². The molecule has 2 rings (SSSR count). The largest absolute Gasteiger partial charge is 0.382 e. The van der Waals surface area contributed by atoms with Crippen LogP contribution in [0.4, 0.5) is 11.4 Å². The molecule has 0 spiro atoms. The van der Waals surface area contributed by atoms with E-state index in [9.17, 15) is 4.79 Å². The zero-order valence-corrected chi connectivity index (χ0v) is 12.5. The molecular weight excluding hydrogens is 252 g/mol. The van der Waals surface area contributed by atoms with Crippen molar-refractivity contribution in [3.05, 3.63) is 23.8 Å². The maximum absolute atomic E-state index is 11.5. The Labute approximate surface area is 120 Å². The van der Waals surface area contributed by atoms with E-state index >= 15 is 0 Å².